The Bertz CT molecular complexity index is 929. The number of hydrogen-bond acceptors (Lipinski definition) is 5. The maximum atomic E-state index is 6.15. The molecule has 0 spiro atoms. The quantitative estimate of drug-likeness (QED) is 0.580. The van der Waals surface area contributed by atoms with Crippen LogP contribution in [0.1, 0.15) is 19.7 Å². The molecule has 3 rings (SSSR count). The maximum absolute atomic E-state index is 6.15. The van der Waals surface area contributed by atoms with Gasteiger partial charge in [-0.05, 0) is 50.3 Å². The van der Waals surface area contributed by atoms with Gasteiger partial charge in [0, 0.05) is 17.3 Å². The molecule has 0 bridgehead atoms. The number of halogens is 1. The van der Waals surface area contributed by atoms with Crippen LogP contribution >= 0.6 is 23.8 Å². The van der Waals surface area contributed by atoms with Crippen molar-refractivity contribution >= 4 is 34.6 Å². The second kappa shape index (κ2) is 8.83. The molecule has 140 valence electrons. The first-order valence-electron chi connectivity index (χ1n) is 8.40. The van der Waals surface area contributed by atoms with Gasteiger partial charge in [0.25, 0.3) is 0 Å². The van der Waals surface area contributed by atoms with E-state index in [1.807, 2.05) is 56.3 Å². The Morgan fingerprint density at radius 1 is 1.22 bits per heavy atom. The van der Waals surface area contributed by atoms with E-state index >= 15 is 0 Å². The third-order valence-electron chi connectivity index (χ3n) is 3.45. The summed E-state index contributed by atoms with van der Waals surface area (Å²) in [5.41, 5.74) is 1.55. The Balaban J connectivity index is 1.56. The van der Waals surface area contributed by atoms with Crippen LogP contribution in [0.15, 0.2) is 53.1 Å². The first kappa shape index (κ1) is 19.1. The molecule has 8 heteroatoms. The molecule has 0 unspecified atom stereocenters. The molecule has 0 saturated heterocycles. The van der Waals surface area contributed by atoms with E-state index < -0.39 is 0 Å². The lowest BCUT2D eigenvalue weighted by Crippen LogP contribution is -2.28. The minimum absolute atomic E-state index is 0.107. The normalized spacial score (nSPS) is 10.7. The fraction of sp³-hybridized carbons (Fsp3) is 0.211. The molecule has 0 fully saturated rings. The third kappa shape index (κ3) is 5.42. The number of rotatable bonds is 6. The second-order valence-electron chi connectivity index (χ2n) is 5.99. The number of hydrogen-bond donors (Lipinski definition) is 2. The zero-order valence-electron chi connectivity index (χ0n) is 14.9. The van der Waals surface area contributed by atoms with Crippen LogP contribution in [0.5, 0.6) is 5.75 Å². The molecule has 6 nitrogen and oxygen atoms in total. The van der Waals surface area contributed by atoms with Gasteiger partial charge in [0.2, 0.25) is 11.7 Å². The predicted octanol–water partition coefficient (Wildman–Crippen LogP) is 4.66. The number of benzene rings is 2. The molecule has 2 N–H and O–H groups in total. The van der Waals surface area contributed by atoms with Crippen molar-refractivity contribution in [2.75, 3.05) is 5.32 Å². The van der Waals surface area contributed by atoms with Crippen molar-refractivity contribution in [2.24, 2.45) is 0 Å². The average molecular weight is 403 g/mol. The van der Waals surface area contributed by atoms with E-state index in [2.05, 4.69) is 20.8 Å². The van der Waals surface area contributed by atoms with Crippen LogP contribution in [0.2, 0.25) is 5.02 Å². The van der Waals surface area contributed by atoms with Crippen LogP contribution in [0.4, 0.5) is 5.69 Å². The van der Waals surface area contributed by atoms with Crippen LogP contribution in [0.3, 0.4) is 0 Å². The summed E-state index contributed by atoms with van der Waals surface area (Å²) in [4.78, 5) is 4.33. The highest BCUT2D eigenvalue weighted by Gasteiger charge is 2.11. The van der Waals surface area contributed by atoms with E-state index in [-0.39, 0.29) is 6.10 Å². The standard InChI is InChI=1S/C19H19ClN4O2S/c1-12(2)25-14-7-5-6-13(10-14)22-19(27)21-11-17-23-18(24-26-17)15-8-3-4-9-16(15)20/h3-10,12H,11H2,1-2H3,(H2,21,22,27). The molecule has 0 amide bonds. The minimum atomic E-state index is 0.107. The highest BCUT2D eigenvalue weighted by molar-refractivity contribution is 7.80. The molecule has 0 aliphatic rings. The summed E-state index contributed by atoms with van der Waals surface area (Å²) in [6, 6.07) is 14.9. The third-order valence-corrected chi connectivity index (χ3v) is 4.02. The van der Waals surface area contributed by atoms with Crippen molar-refractivity contribution in [3.05, 3.63) is 59.4 Å². The maximum Gasteiger partial charge on any atom is 0.246 e. The molecule has 1 aromatic heterocycles. The Labute approximate surface area is 167 Å². The smallest absolute Gasteiger partial charge is 0.246 e. The fourth-order valence-corrected chi connectivity index (χ4v) is 2.74. The van der Waals surface area contributed by atoms with E-state index in [4.69, 9.17) is 33.1 Å². The van der Waals surface area contributed by atoms with Gasteiger partial charge in [0.05, 0.1) is 17.7 Å². The van der Waals surface area contributed by atoms with Gasteiger partial charge in [-0.3, -0.25) is 0 Å². The summed E-state index contributed by atoms with van der Waals surface area (Å²) in [5, 5.41) is 11.1. The molecule has 2 aromatic carbocycles. The molecule has 0 radical (unpaired) electrons. The van der Waals surface area contributed by atoms with Gasteiger partial charge in [-0.2, -0.15) is 4.98 Å². The molecule has 0 atom stereocenters. The summed E-state index contributed by atoms with van der Waals surface area (Å²) in [6.45, 7) is 4.26. The number of thiocarbonyl (C=S) groups is 1. The molecule has 27 heavy (non-hydrogen) atoms. The molecule has 3 aromatic rings. The van der Waals surface area contributed by atoms with E-state index in [0.29, 0.717) is 28.4 Å². The van der Waals surface area contributed by atoms with Gasteiger partial charge < -0.3 is 19.9 Å². The lowest BCUT2D eigenvalue weighted by Gasteiger charge is -2.12. The van der Waals surface area contributed by atoms with Gasteiger partial charge in [0.15, 0.2) is 5.11 Å². The fourth-order valence-electron chi connectivity index (χ4n) is 2.33. The lowest BCUT2D eigenvalue weighted by molar-refractivity contribution is 0.242. The van der Waals surface area contributed by atoms with Crippen LogP contribution < -0.4 is 15.4 Å². The molecular weight excluding hydrogens is 384 g/mol. The predicted molar refractivity (Wildman–Crippen MR) is 110 cm³/mol. The number of nitrogens with one attached hydrogen (secondary N) is 2. The molecule has 0 aliphatic carbocycles. The van der Waals surface area contributed by atoms with Crippen molar-refractivity contribution in [1.82, 2.24) is 15.5 Å². The zero-order valence-corrected chi connectivity index (χ0v) is 16.5. The SMILES string of the molecule is CC(C)Oc1cccc(NC(=S)NCc2nc(-c3ccccc3Cl)no2)c1. The highest BCUT2D eigenvalue weighted by atomic mass is 35.5. The monoisotopic (exact) mass is 402 g/mol. The van der Waals surface area contributed by atoms with Crippen molar-refractivity contribution in [2.45, 2.75) is 26.5 Å². The summed E-state index contributed by atoms with van der Waals surface area (Å²) in [5.74, 6) is 1.62. The molecule has 0 saturated carbocycles. The van der Waals surface area contributed by atoms with Gasteiger partial charge >= 0.3 is 0 Å². The summed E-state index contributed by atoms with van der Waals surface area (Å²) in [7, 11) is 0. The van der Waals surface area contributed by atoms with E-state index in [0.717, 1.165) is 17.0 Å². The Hall–Kier alpha value is -2.64. The number of nitrogens with zero attached hydrogens (tertiary/aromatic N) is 2. The van der Waals surface area contributed by atoms with Crippen molar-refractivity contribution in [1.29, 1.82) is 0 Å². The van der Waals surface area contributed by atoms with E-state index in [9.17, 15) is 0 Å². The number of ether oxygens (including phenoxy) is 1. The first-order chi connectivity index (χ1) is 13.0. The van der Waals surface area contributed by atoms with Gasteiger partial charge in [0.1, 0.15) is 5.75 Å². The minimum Gasteiger partial charge on any atom is -0.491 e. The largest absolute Gasteiger partial charge is 0.491 e. The van der Waals surface area contributed by atoms with Crippen molar-refractivity contribution < 1.29 is 9.26 Å². The second-order valence-corrected chi connectivity index (χ2v) is 6.81. The van der Waals surface area contributed by atoms with E-state index in [1.54, 1.807) is 6.07 Å². The summed E-state index contributed by atoms with van der Waals surface area (Å²) in [6.07, 6.45) is 0.107. The molecule has 0 aliphatic heterocycles. The average Bonchev–Trinajstić information content (AvgIpc) is 3.09. The number of aromatic nitrogens is 2. The van der Waals surface area contributed by atoms with Crippen molar-refractivity contribution in [3.8, 4) is 17.1 Å². The first-order valence-corrected chi connectivity index (χ1v) is 9.19. The van der Waals surface area contributed by atoms with Crippen molar-refractivity contribution in [3.63, 3.8) is 0 Å². The van der Waals surface area contributed by atoms with Gasteiger partial charge in [-0.25, -0.2) is 0 Å². The van der Waals surface area contributed by atoms with Crippen LogP contribution in [0, 0.1) is 0 Å². The highest BCUT2D eigenvalue weighted by Crippen LogP contribution is 2.24. The van der Waals surface area contributed by atoms with Crippen LogP contribution in [-0.2, 0) is 6.54 Å². The Morgan fingerprint density at radius 2 is 2.04 bits per heavy atom. The molecule has 1 heterocycles. The van der Waals surface area contributed by atoms with Gasteiger partial charge in [-0.15, -0.1) is 0 Å². The zero-order chi connectivity index (χ0) is 19.2. The van der Waals surface area contributed by atoms with Crippen LogP contribution in [-0.4, -0.2) is 21.4 Å². The van der Waals surface area contributed by atoms with E-state index in [1.165, 1.54) is 0 Å². The summed E-state index contributed by atoms with van der Waals surface area (Å²) < 4.78 is 10.9. The Kier molecular flexibility index (Phi) is 6.26. The molecular formula is C19H19ClN4O2S. The lowest BCUT2D eigenvalue weighted by atomic mass is 10.2. The summed E-state index contributed by atoms with van der Waals surface area (Å²) >= 11 is 11.5. The Morgan fingerprint density at radius 3 is 2.81 bits per heavy atom. The van der Waals surface area contributed by atoms with Gasteiger partial charge in [-0.1, -0.05) is 35.0 Å². The number of anilines is 1. The van der Waals surface area contributed by atoms with Crippen LogP contribution in [0.25, 0.3) is 11.4 Å². The topological polar surface area (TPSA) is 72.2 Å².